The summed E-state index contributed by atoms with van der Waals surface area (Å²) in [6, 6.07) is 2.15. The molecule has 0 saturated heterocycles. The van der Waals surface area contributed by atoms with Gasteiger partial charge in [0.25, 0.3) is 5.79 Å². The number of hydrogen-bond donors (Lipinski definition) is 1. The minimum absolute atomic E-state index is 0.555. The van der Waals surface area contributed by atoms with Gasteiger partial charge in [0, 0.05) is 12.6 Å². The van der Waals surface area contributed by atoms with E-state index in [1.165, 1.54) is 5.56 Å². The molecule has 0 atom stereocenters. The fraction of sp³-hybridized carbons (Fsp3) is 0.364. The molecule has 1 aliphatic heterocycles. The van der Waals surface area contributed by atoms with Crippen LogP contribution in [0.5, 0.6) is 0 Å². The van der Waals surface area contributed by atoms with E-state index in [0.717, 1.165) is 18.4 Å². The van der Waals surface area contributed by atoms with Crippen molar-refractivity contribution >= 4 is 0 Å². The highest BCUT2D eigenvalue weighted by Crippen LogP contribution is 2.36. The molecule has 1 N–H and O–H groups in total. The molecule has 0 aromatic carbocycles. The molecule has 1 aromatic heterocycles. The van der Waals surface area contributed by atoms with E-state index in [1.54, 1.807) is 12.5 Å². The Kier molecular flexibility index (Phi) is 1.57. The molecule has 15 heavy (non-hydrogen) atoms. The summed E-state index contributed by atoms with van der Waals surface area (Å²) in [5.41, 5.74) is 2.87. The number of nitrogens with one attached hydrogen (secondary N) is 1. The van der Waals surface area contributed by atoms with E-state index in [2.05, 4.69) is 11.1 Å². The van der Waals surface area contributed by atoms with Gasteiger partial charge < -0.3 is 14.5 Å². The summed E-state index contributed by atoms with van der Waals surface area (Å²) in [5.74, 6) is -0.555. The van der Waals surface area contributed by atoms with Crippen LogP contribution < -0.4 is 0 Å². The van der Waals surface area contributed by atoms with Crippen molar-refractivity contribution in [1.82, 2.24) is 4.98 Å². The lowest BCUT2D eigenvalue weighted by atomic mass is 9.89. The van der Waals surface area contributed by atoms with E-state index in [0.29, 0.717) is 12.1 Å². The number of aromatic nitrogens is 1. The highest BCUT2D eigenvalue weighted by atomic mass is 16.7. The van der Waals surface area contributed by atoms with Crippen LogP contribution in [0.4, 0.5) is 0 Å². The zero-order chi connectivity index (χ0) is 10.3. The second-order valence-corrected chi connectivity index (χ2v) is 3.87. The average Bonchev–Trinajstić information content (AvgIpc) is 2.85. The highest BCUT2D eigenvalue weighted by molar-refractivity contribution is 5.41. The van der Waals surface area contributed by atoms with Gasteiger partial charge in [-0.2, -0.15) is 5.26 Å². The quantitative estimate of drug-likeness (QED) is 0.695. The predicted molar refractivity (Wildman–Crippen MR) is 51.6 cm³/mol. The van der Waals surface area contributed by atoms with Gasteiger partial charge in [0.1, 0.15) is 24.3 Å². The molecule has 0 radical (unpaired) electrons. The van der Waals surface area contributed by atoms with E-state index >= 15 is 0 Å². The minimum Gasteiger partial charge on any atom is -0.456 e. The third kappa shape index (κ3) is 1.13. The first kappa shape index (κ1) is 8.42. The third-order valence-electron chi connectivity index (χ3n) is 3.03. The van der Waals surface area contributed by atoms with Gasteiger partial charge in [0.15, 0.2) is 0 Å². The van der Waals surface area contributed by atoms with Gasteiger partial charge in [-0.05, 0) is 17.5 Å². The van der Waals surface area contributed by atoms with Crippen LogP contribution in [0.25, 0.3) is 0 Å². The second-order valence-electron chi connectivity index (χ2n) is 3.87. The summed E-state index contributed by atoms with van der Waals surface area (Å²) in [7, 11) is 0. The molecular weight excluding hydrogens is 192 g/mol. The van der Waals surface area contributed by atoms with Gasteiger partial charge in [0.2, 0.25) is 0 Å². The molecule has 3 rings (SSSR count). The first-order chi connectivity index (χ1) is 7.33. The summed E-state index contributed by atoms with van der Waals surface area (Å²) >= 11 is 0. The van der Waals surface area contributed by atoms with Gasteiger partial charge in [-0.3, -0.25) is 0 Å². The first-order valence-corrected chi connectivity index (χ1v) is 4.93. The lowest BCUT2D eigenvalue weighted by Gasteiger charge is -2.31. The van der Waals surface area contributed by atoms with Crippen LogP contribution in [0.1, 0.15) is 23.2 Å². The molecule has 76 valence electrons. The van der Waals surface area contributed by atoms with Crippen molar-refractivity contribution in [1.29, 1.82) is 5.26 Å². The highest BCUT2D eigenvalue weighted by Gasteiger charge is 2.40. The fourth-order valence-corrected chi connectivity index (χ4v) is 2.23. The number of nitriles is 1. The Balaban J connectivity index is 1.98. The Labute approximate surface area is 87.1 Å². The van der Waals surface area contributed by atoms with Crippen molar-refractivity contribution in [2.45, 2.75) is 25.0 Å². The number of aromatic amines is 1. The number of hydrogen-bond acceptors (Lipinski definition) is 3. The smallest absolute Gasteiger partial charge is 0.254 e. The number of rotatable bonds is 0. The molecule has 2 aliphatic rings. The molecule has 0 saturated carbocycles. The number of ether oxygens (including phenoxy) is 2. The second kappa shape index (κ2) is 2.80. The molecule has 4 nitrogen and oxygen atoms in total. The normalized spacial score (nSPS) is 20.5. The standard InChI is InChI=1S/C11H10N2O2/c12-6-10-9-5-11(14-3-4-15-11)2-1-8(9)7-13-10/h3-4,7,13H,1-2,5H2. The molecule has 1 spiro atoms. The Morgan fingerprint density at radius 2 is 2.20 bits per heavy atom. The number of H-pyrrole nitrogens is 1. The minimum atomic E-state index is -0.555. The van der Waals surface area contributed by atoms with Gasteiger partial charge in [-0.1, -0.05) is 0 Å². The molecule has 4 heteroatoms. The average molecular weight is 202 g/mol. The van der Waals surface area contributed by atoms with Gasteiger partial charge in [-0.15, -0.1) is 0 Å². The van der Waals surface area contributed by atoms with E-state index in [-0.39, 0.29) is 0 Å². The zero-order valence-corrected chi connectivity index (χ0v) is 8.12. The van der Waals surface area contributed by atoms with Crippen LogP contribution in [0.15, 0.2) is 18.7 Å². The molecule has 1 aromatic rings. The Morgan fingerprint density at radius 3 is 2.93 bits per heavy atom. The molecule has 0 amide bonds. The SMILES string of the molecule is N#Cc1[nH]cc2c1CC1(CC2)OC=CO1. The summed E-state index contributed by atoms with van der Waals surface area (Å²) in [4.78, 5) is 2.98. The molecule has 0 bridgehead atoms. The van der Waals surface area contributed by atoms with E-state index in [1.807, 2.05) is 6.20 Å². The Morgan fingerprint density at radius 1 is 1.40 bits per heavy atom. The van der Waals surface area contributed by atoms with Crippen molar-refractivity contribution < 1.29 is 9.47 Å². The summed E-state index contributed by atoms with van der Waals surface area (Å²) < 4.78 is 11.0. The van der Waals surface area contributed by atoms with Crippen molar-refractivity contribution in [2.24, 2.45) is 0 Å². The lowest BCUT2D eigenvalue weighted by Crippen LogP contribution is -2.36. The lowest BCUT2D eigenvalue weighted by molar-refractivity contribution is -0.148. The maximum absolute atomic E-state index is 8.94. The van der Waals surface area contributed by atoms with Gasteiger partial charge in [0.05, 0.1) is 6.42 Å². The van der Waals surface area contributed by atoms with Gasteiger partial charge >= 0.3 is 0 Å². The fourth-order valence-electron chi connectivity index (χ4n) is 2.23. The van der Waals surface area contributed by atoms with Crippen molar-refractivity contribution in [3.05, 3.63) is 35.5 Å². The summed E-state index contributed by atoms with van der Waals surface area (Å²) in [6.45, 7) is 0. The maximum atomic E-state index is 8.94. The number of aryl methyl sites for hydroxylation is 1. The van der Waals surface area contributed by atoms with Crippen molar-refractivity contribution in [3.63, 3.8) is 0 Å². The van der Waals surface area contributed by atoms with Gasteiger partial charge in [-0.25, -0.2) is 0 Å². The molecule has 2 heterocycles. The van der Waals surface area contributed by atoms with Crippen LogP contribution in [-0.4, -0.2) is 10.8 Å². The monoisotopic (exact) mass is 202 g/mol. The molecule has 0 unspecified atom stereocenters. The topological polar surface area (TPSA) is 58.0 Å². The predicted octanol–water partition coefficient (Wildman–Crippen LogP) is 1.59. The number of fused-ring (bicyclic) bond motifs is 1. The summed E-state index contributed by atoms with van der Waals surface area (Å²) in [6.07, 6.45) is 7.41. The molecule has 1 aliphatic carbocycles. The van der Waals surface area contributed by atoms with Crippen LogP contribution in [0.3, 0.4) is 0 Å². The number of nitrogens with zero attached hydrogens (tertiary/aromatic N) is 1. The van der Waals surface area contributed by atoms with Crippen molar-refractivity contribution in [3.8, 4) is 6.07 Å². The van der Waals surface area contributed by atoms with Crippen LogP contribution >= 0.6 is 0 Å². The van der Waals surface area contributed by atoms with Crippen LogP contribution in [-0.2, 0) is 22.3 Å². The third-order valence-corrected chi connectivity index (χ3v) is 3.03. The first-order valence-electron chi connectivity index (χ1n) is 4.93. The Hall–Kier alpha value is -1.89. The Bertz CT molecular complexity index is 459. The zero-order valence-electron chi connectivity index (χ0n) is 8.12. The maximum Gasteiger partial charge on any atom is 0.254 e. The largest absolute Gasteiger partial charge is 0.456 e. The van der Waals surface area contributed by atoms with E-state index < -0.39 is 5.79 Å². The van der Waals surface area contributed by atoms with Crippen molar-refractivity contribution in [2.75, 3.05) is 0 Å². The van der Waals surface area contributed by atoms with E-state index in [9.17, 15) is 0 Å². The summed E-state index contributed by atoms with van der Waals surface area (Å²) in [5, 5.41) is 8.94. The van der Waals surface area contributed by atoms with Crippen LogP contribution in [0.2, 0.25) is 0 Å². The van der Waals surface area contributed by atoms with E-state index in [4.69, 9.17) is 14.7 Å². The molecular formula is C11H10N2O2. The molecule has 0 fully saturated rings. The van der Waals surface area contributed by atoms with Crippen LogP contribution in [0, 0.1) is 11.3 Å².